The van der Waals surface area contributed by atoms with E-state index in [1.807, 2.05) is 6.92 Å². The van der Waals surface area contributed by atoms with Gasteiger partial charge >= 0.3 is 0 Å². The smallest absolute Gasteiger partial charge is 0.251 e. The molecule has 4 nitrogen and oxygen atoms in total. The van der Waals surface area contributed by atoms with E-state index < -0.39 is 0 Å². The van der Waals surface area contributed by atoms with Crippen molar-refractivity contribution < 1.29 is 4.79 Å². The first-order valence-electron chi connectivity index (χ1n) is 10.5. The Kier molecular flexibility index (Phi) is 6.25. The molecule has 2 aromatic rings. The van der Waals surface area contributed by atoms with E-state index in [1.165, 1.54) is 24.2 Å². The van der Waals surface area contributed by atoms with E-state index in [4.69, 9.17) is 5.73 Å². The van der Waals surface area contributed by atoms with Crippen LogP contribution in [-0.4, -0.2) is 23.6 Å². The number of amides is 1. The Hall–Kier alpha value is -2.23. The van der Waals surface area contributed by atoms with E-state index in [9.17, 15) is 4.79 Å². The van der Waals surface area contributed by atoms with Crippen molar-refractivity contribution >= 4 is 11.6 Å². The fourth-order valence-corrected chi connectivity index (χ4v) is 4.34. The van der Waals surface area contributed by atoms with Crippen LogP contribution in [0.25, 0.3) is 11.1 Å². The third-order valence-electron chi connectivity index (χ3n) is 5.73. The largest absolute Gasteiger partial charge is 0.372 e. The van der Waals surface area contributed by atoms with Gasteiger partial charge in [-0.3, -0.25) is 4.79 Å². The van der Waals surface area contributed by atoms with Crippen molar-refractivity contribution in [1.82, 2.24) is 4.57 Å². The minimum atomic E-state index is -0.321. The van der Waals surface area contributed by atoms with Crippen molar-refractivity contribution in [2.45, 2.75) is 65.8 Å². The maximum atomic E-state index is 12.3. The number of carbonyl (C=O) groups excluding carboxylic acids is 1. The Morgan fingerprint density at radius 1 is 1.07 bits per heavy atom. The molecular formula is C23H33N3O. The van der Waals surface area contributed by atoms with E-state index in [1.54, 1.807) is 0 Å². The Morgan fingerprint density at radius 3 is 2.30 bits per heavy atom. The number of benzene rings is 1. The van der Waals surface area contributed by atoms with Crippen LogP contribution in [0.15, 0.2) is 24.3 Å². The Balaban J connectivity index is 2.07. The van der Waals surface area contributed by atoms with Gasteiger partial charge in [-0.25, -0.2) is 0 Å². The summed E-state index contributed by atoms with van der Waals surface area (Å²) < 4.78 is 2.33. The van der Waals surface area contributed by atoms with Gasteiger partial charge in [-0.2, -0.15) is 0 Å². The lowest BCUT2D eigenvalue weighted by Crippen LogP contribution is -2.17. The molecule has 1 saturated heterocycles. The van der Waals surface area contributed by atoms with Crippen molar-refractivity contribution in [3.8, 4) is 11.1 Å². The first-order chi connectivity index (χ1) is 13.1. The van der Waals surface area contributed by atoms with E-state index in [-0.39, 0.29) is 5.91 Å². The van der Waals surface area contributed by atoms with E-state index in [0.717, 1.165) is 62.1 Å². The maximum absolute atomic E-state index is 12.3. The molecule has 2 heterocycles. The summed E-state index contributed by atoms with van der Waals surface area (Å²) in [6, 6.07) is 8.72. The van der Waals surface area contributed by atoms with E-state index in [2.05, 4.69) is 47.6 Å². The minimum absolute atomic E-state index is 0.321. The molecule has 0 radical (unpaired) electrons. The number of nitrogens with zero attached hydrogens (tertiary/aromatic N) is 2. The average molecular weight is 368 g/mol. The van der Waals surface area contributed by atoms with Crippen LogP contribution in [0.2, 0.25) is 0 Å². The van der Waals surface area contributed by atoms with Crippen LogP contribution < -0.4 is 10.6 Å². The number of nitrogens with two attached hydrogens (primary N) is 1. The van der Waals surface area contributed by atoms with Crippen LogP contribution in [-0.2, 0) is 13.0 Å². The topological polar surface area (TPSA) is 51.3 Å². The zero-order valence-electron chi connectivity index (χ0n) is 17.1. The van der Waals surface area contributed by atoms with Gasteiger partial charge in [0, 0.05) is 42.3 Å². The highest BCUT2D eigenvalue weighted by Crippen LogP contribution is 2.35. The molecule has 146 valence electrons. The summed E-state index contributed by atoms with van der Waals surface area (Å²) in [5.74, 6) is -0.321. The zero-order chi connectivity index (χ0) is 19.4. The predicted octanol–water partition coefficient (Wildman–Crippen LogP) is 4.92. The number of anilines is 1. The quantitative estimate of drug-likeness (QED) is 0.720. The molecule has 1 aromatic carbocycles. The molecule has 1 amide bonds. The number of carbonyl (C=O) groups is 1. The lowest BCUT2D eigenvalue weighted by molar-refractivity contribution is 0.1000. The van der Waals surface area contributed by atoms with Gasteiger partial charge in [0.15, 0.2) is 0 Å². The molecule has 2 N–H and O–H groups in total. The van der Waals surface area contributed by atoms with Gasteiger partial charge < -0.3 is 15.2 Å². The van der Waals surface area contributed by atoms with Crippen molar-refractivity contribution in [1.29, 1.82) is 0 Å². The molecule has 1 fully saturated rings. The lowest BCUT2D eigenvalue weighted by Gasteiger charge is -2.18. The van der Waals surface area contributed by atoms with E-state index in [0.29, 0.717) is 5.56 Å². The van der Waals surface area contributed by atoms with Gasteiger partial charge in [0.25, 0.3) is 5.91 Å². The molecule has 0 unspecified atom stereocenters. The molecule has 0 bridgehead atoms. The monoisotopic (exact) mass is 367 g/mol. The summed E-state index contributed by atoms with van der Waals surface area (Å²) >= 11 is 0. The third kappa shape index (κ3) is 3.90. The molecule has 3 rings (SSSR count). The molecule has 1 aromatic heterocycles. The summed E-state index contributed by atoms with van der Waals surface area (Å²) in [6.45, 7) is 9.65. The van der Waals surface area contributed by atoms with Crippen LogP contribution in [0.4, 0.5) is 5.69 Å². The summed E-state index contributed by atoms with van der Waals surface area (Å²) in [5.41, 5.74) is 12.2. The highest BCUT2D eigenvalue weighted by molar-refractivity contribution is 6.02. The summed E-state index contributed by atoms with van der Waals surface area (Å²) in [6.07, 6.45) is 6.79. The second-order valence-electron chi connectivity index (χ2n) is 7.64. The number of rotatable bonds is 8. The van der Waals surface area contributed by atoms with Crippen molar-refractivity contribution in [2.75, 3.05) is 18.0 Å². The Labute approximate surface area is 163 Å². The van der Waals surface area contributed by atoms with Gasteiger partial charge in [-0.05, 0) is 50.3 Å². The van der Waals surface area contributed by atoms with Crippen LogP contribution >= 0.6 is 0 Å². The highest BCUT2D eigenvalue weighted by Gasteiger charge is 2.24. The number of hydrogen-bond acceptors (Lipinski definition) is 2. The van der Waals surface area contributed by atoms with Crippen LogP contribution in [0, 0.1) is 6.92 Å². The first-order valence-corrected chi connectivity index (χ1v) is 10.5. The SMILES string of the molecule is CCCCn1c(C)c(C(N)=O)c(-c2ccc(N3CCCC3)cc2)c1CCC. The molecule has 4 heteroatoms. The fourth-order valence-electron chi connectivity index (χ4n) is 4.34. The van der Waals surface area contributed by atoms with Crippen molar-refractivity contribution in [2.24, 2.45) is 5.73 Å². The van der Waals surface area contributed by atoms with E-state index >= 15 is 0 Å². The average Bonchev–Trinajstić information content (AvgIpc) is 3.28. The molecule has 0 spiro atoms. The minimum Gasteiger partial charge on any atom is -0.372 e. The number of primary amides is 1. The van der Waals surface area contributed by atoms with Crippen LogP contribution in [0.5, 0.6) is 0 Å². The number of aromatic nitrogens is 1. The van der Waals surface area contributed by atoms with Crippen LogP contribution in [0.3, 0.4) is 0 Å². The molecular weight excluding hydrogens is 334 g/mol. The Morgan fingerprint density at radius 2 is 1.74 bits per heavy atom. The molecule has 1 aliphatic heterocycles. The van der Waals surface area contributed by atoms with Crippen LogP contribution in [0.1, 0.15) is 67.7 Å². The lowest BCUT2D eigenvalue weighted by atomic mass is 9.97. The van der Waals surface area contributed by atoms with Crippen molar-refractivity contribution in [3.63, 3.8) is 0 Å². The normalized spacial score (nSPS) is 14.1. The third-order valence-corrected chi connectivity index (χ3v) is 5.73. The first kappa shape index (κ1) is 19.5. The van der Waals surface area contributed by atoms with Gasteiger partial charge in [0.2, 0.25) is 0 Å². The van der Waals surface area contributed by atoms with Crippen molar-refractivity contribution in [3.05, 3.63) is 41.2 Å². The molecule has 1 aliphatic rings. The Bertz CT molecular complexity index is 783. The van der Waals surface area contributed by atoms with Gasteiger partial charge in [0.05, 0.1) is 5.56 Å². The summed E-state index contributed by atoms with van der Waals surface area (Å²) in [4.78, 5) is 14.8. The number of unbranched alkanes of at least 4 members (excludes halogenated alkanes) is 1. The van der Waals surface area contributed by atoms with Gasteiger partial charge in [-0.15, -0.1) is 0 Å². The fraction of sp³-hybridized carbons (Fsp3) is 0.522. The second-order valence-corrected chi connectivity index (χ2v) is 7.64. The van der Waals surface area contributed by atoms with Gasteiger partial charge in [0.1, 0.15) is 0 Å². The summed E-state index contributed by atoms with van der Waals surface area (Å²) in [5, 5.41) is 0. The highest BCUT2D eigenvalue weighted by atomic mass is 16.1. The predicted molar refractivity (Wildman–Crippen MR) is 113 cm³/mol. The molecule has 0 aliphatic carbocycles. The number of hydrogen-bond donors (Lipinski definition) is 1. The van der Waals surface area contributed by atoms with Gasteiger partial charge in [-0.1, -0.05) is 38.8 Å². The summed E-state index contributed by atoms with van der Waals surface area (Å²) in [7, 11) is 0. The maximum Gasteiger partial charge on any atom is 0.251 e. The molecule has 27 heavy (non-hydrogen) atoms. The molecule has 0 atom stereocenters. The molecule has 0 saturated carbocycles. The zero-order valence-corrected chi connectivity index (χ0v) is 17.1. The second kappa shape index (κ2) is 8.64. The standard InChI is InChI=1S/C23H33N3O/c1-4-6-16-26-17(3)21(23(24)27)22(20(26)9-5-2)18-10-12-19(13-11-18)25-14-7-8-15-25/h10-13H,4-9,14-16H2,1-3H3,(H2,24,27).